The maximum atomic E-state index is 11.6. The van der Waals surface area contributed by atoms with Crippen LogP contribution in [0.4, 0.5) is 0 Å². The van der Waals surface area contributed by atoms with E-state index in [1.807, 2.05) is 24.3 Å². The number of methoxy groups -OCH3 is 1. The Morgan fingerprint density at radius 2 is 2.11 bits per heavy atom. The van der Waals surface area contributed by atoms with Crippen molar-refractivity contribution in [2.75, 3.05) is 7.11 Å². The van der Waals surface area contributed by atoms with Crippen LogP contribution in [0.2, 0.25) is 0 Å². The van der Waals surface area contributed by atoms with Crippen molar-refractivity contribution in [2.45, 2.75) is 12.8 Å². The molecule has 0 aromatic heterocycles. The number of aliphatic carboxylic acids is 1. The van der Waals surface area contributed by atoms with Gasteiger partial charge in [-0.1, -0.05) is 24.3 Å². The minimum atomic E-state index is -0.951. The summed E-state index contributed by atoms with van der Waals surface area (Å²) in [6, 6.07) is 7.42. The second kappa shape index (κ2) is 5.18. The number of benzene rings is 1. The number of carboxylic acids is 1. The van der Waals surface area contributed by atoms with Gasteiger partial charge in [0.05, 0.1) is 12.5 Å². The molecule has 1 aromatic rings. The molecule has 0 saturated carbocycles. The summed E-state index contributed by atoms with van der Waals surface area (Å²) in [4.78, 5) is 11.6. The molecule has 0 radical (unpaired) electrons. The second-order valence-electron chi connectivity index (χ2n) is 4.76. The summed E-state index contributed by atoms with van der Waals surface area (Å²) in [5.74, 6) is -0.0951. The van der Waals surface area contributed by atoms with Crippen molar-refractivity contribution in [3.8, 4) is 5.75 Å². The molecule has 4 nitrogen and oxygen atoms in total. The number of hydrogen-bond donors (Lipinski definition) is 2. The fourth-order valence-corrected chi connectivity index (χ4v) is 2.29. The van der Waals surface area contributed by atoms with E-state index >= 15 is 0 Å². The molecule has 19 heavy (non-hydrogen) atoms. The van der Waals surface area contributed by atoms with Crippen LogP contribution >= 0.6 is 0 Å². The summed E-state index contributed by atoms with van der Waals surface area (Å²) < 4.78 is 5.09. The minimum Gasteiger partial charge on any atom is -0.497 e. The third kappa shape index (κ3) is 2.78. The Labute approximate surface area is 112 Å². The van der Waals surface area contributed by atoms with Gasteiger partial charge in [-0.15, -0.1) is 0 Å². The van der Waals surface area contributed by atoms with Gasteiger partial charge in [0.15, 0.2) is 0 Å². The van der Waals surface area contributed by atoms with E-state index in [2.05, 4.69) is 0 Å². The Morgan fingerprint density at radius 3 is 2.63 bits per heavy atom. The predicted molar refractivity (Wildman–Crippen MR) is 72.8 cm³/mol. The van der Waals surface area contributed by atoms with E-state index in [9.17, 15) is 9.90 Å². The summed E-state index contributed by atoms with van der Waals surface area (Å²) in [7, 11) is 1.60. The highest BCUT2D eigenvalue weighted by molar-refractivity contribution is 5.78. The molecule has 0 fully saturated rings. The van der Waals surface area contributed by atoms with E-state index < -0.39 is 11.4 Å². The fourth-order valence-electron chi connectivity index (χ4n) is 2.29. The molecule has 2 rings (SSSR count). The lowest BCUT2D eigenvalue weighted by Gasteiger charge is -2.28. The molecular formula is C15H17NO3. The molecule has 0 heterocycles. The van der Waals surface area contributed by atoms with Gasteiger partial charge in [0, 0.05) is 12.1 Å². The summed E-state index contributed by atoms with van der Waals surface area (Å²) in [5, 5.41) is 9.51. The van der Waals surface area contributed by atoms with E-state index in [0.717, 1.165) is 11.3 Å². The first-order valence-corrected chi connectivity index (χ1v) is 6.06. The zero-order chi connectivity index (χ0) is 13.9. The van der Waals surface area contributed by atoms with Gasteiger partial charge < -0.3 is 15.6 Å². The lowest BCUT2D eigenvalue weighted by Crippen LogP contribution is -2.34. The third-order valence-corrected chi connectivity index (χ3v) is 3.35. The number of carbonyl (C=O) groups is 1. The van der Waals surface area contributed by atoms with Crippen LogP contribution in [0.15, 0.2) is 48.2 Å². The number of nitrogens with two attached hydrogens (primary N) is 1. The minimum absolute atomic E-state index is 0.338. The van der Waals surface area contributed by atoms with E-state index in [1.165, 1.54) is 0 Å². The van der Waals surface area contributed by atoms with Crippen LogP contribution in [0.5, 0.6) is 5.75 Å². The standard InChI is InChI=1S/C15H17NO3/c1-19-13-6-4-11(5-7-13)9-15(14(17)18)8-2-3-12(16)10-15/h2-8H,9-10,16H2,1H3,(H,17,18). The van der Waals surface area contributed by atoms with Crippen molar-refractivity contribution < 1.29 is 14.6 Å². The average molecular weight is 259 g/mol. The number of allylic oxidation sites excluding steroid dienone is 3. The van der Waals surface area contributed by atoms with Crippen molar-refractivity contribution >= 4 is 5.97 Å². The first-order valence-electron chi connectivity index (χ1n) is 6.06. The Bertz CT molecular complexity index is 531. The monoisotopic (exact) mass is 259 g/mol. The third-order valence-electron chi connectivity index (χ3n) is 3.35. The molecule has 0 amide bonds. The van der Waals surface area contributed by atoms with Gasteiger partial charge in [-0.2, -0.15) is 0 Å². The van der Waals surface area contributed by atoms with Crippen LogP contribution in [0.25, 0.3) is 0 Å². The molecular weight excluding hydrogens is 242 g/mol. The zero-order valence-corrected chi connectivity index (χ0v) is 10.8. The van der Waals surface area contributed by atoms with Crippen LogP contribution in [0.3, 0.4) is 0 Å². The maximum absolute atomic E-state index is 11.6. The molecule has 0 spiro atoms. The highest BCUT2D eigenvalue weighted by Gasteiger charge is 2.37. The molecule has 1 unspecified atom stereocenters. The Hall–Kier alpha value is -2.23. The average Bonchev–Trinajstić information content (AvgIpc) is 2.39. The van der Waals surface area contributed by atoms with Crippen LogP contribution in [-0.2, 0) is 11.2 Å². The van der Waals surface area contributed by atoms with Crippen molar-refractivity contribution in [1.82, 2.24) is 0 Å². The summed E-state index contributed by atoms with van der Waals surface area (Å²) in [5.41, 5.74) is 6.37. The number of hydrogen-bond acceptors (Lipinski definition) is 3. The van der Waals surface area contributed by atoms with E-state index in [-0.39, 0.29) is 0 Å². The molecule has 1 atom stereocenters. The molecule has 1 aromatic carbocycles. The van der Waals surface area contributed by atoms with Crippen molar-refractivity contribution in [3.05, 3.63) is 53.8 Å². The molecule has 0 saturated heterocycles. The Kier molecular flexibility index (Phi) is 3.60. The highest BCUT2D eigenvalue weighted by atomic mass is 16.5. The SMILES string of the molecule is COc1ccc(CC2(C(=O)O)C=CC=C(N)C2)cc1. The lowest BCUT2D eigenvalue weighted by molar-refractivity contribution is -0.146. The molecule has 3 N–H and O–H groups in total. The van der Waals surface area contributed by atoms with Crippen molar-refractivity contribution in [2.24, 2.45) is 11.1 Å². The lowest BCUT2D eigenvalue weighted by atomic mass is 9.75. The van der Waals surface area contributed by atoms with Gasteiger partial charge in [-0.3, -0.25) is 4.79 Å². The zero-order valence-electron chi connectivity index (χ0n) is 10.8. The van der Waals surface area contributed by atoms with Gasteiger partial charge in [0.1, 0.15) is 5.75 Å². The van der Waals surface area contributed by atoms with Gasteiger partial charge in [-0.25, -0.2) is 0 Å². The van der Waals surface area contributed by atoms with Crippen LogP contribution in [0, 0.1) is 5.41 Å². The Morgan fingerprint density at radius 1 is 1.42 bits per heavy atom. The fraction of sp³-hybridized carbons (Fsp3) is 0.267. The van der Waals surface area contributed by atoms with Gasteiger partial charge >= 0.3 is 5.97 Å². The summed E-state index contributed by atoms with van der Waals surface area (Å²) >= 11 is 0. The van der Waals surface area contributed by atoms with Crippen molar-refractivity contribution in [1.29, 1.82) is 0 Å². The number of ether oxygens (including phenoxy) is 1. The molecule has 0 aliphatic heterocycles. The normalized spacial score (nSPS) is 21.8. The number of carboxylic acid groups (broad SMARTS) is 1. The molecule has 100 valence electrons. The van der Waals surface area contributed by atoms with Crippen molar-refractivity contribution in [3.63, 3.8) is 0 Å². The molecule has 4 heteroatoms. The first-order chi connectivity index (χ1) is 9.05. The summed E-state index contributed by atoms with van der Waals surface area (Å²) in [6.45, 7) is 0. The van der Waals surface area contributed by atoms with E-state index in [4.69, 9.17) is 10.5 Å². The van der Waals surface area contributed by atoms with E-state index in [1.54, 1.807) is 25.3 Å². The maximum Gasteiger partial charge on any atom is 0.314 e. The quantitative estimate of drug-likeness (QED) is 0.868. The van der Waals surface area contributed by atoms with Crippen LogP contribution in [-0.4, -0.2) is 18.2 Å². The smallest absolute Gasteiger partial charge is 0.314 e. The molecule has 0 bridgehead atoms. The second-order valence-corrected chi connectivity index (χ2v) is 4.76. The predicted octanol–water partition coefficient (Wildman–Crippen LogP) is 2.11. The van der Waals surface area contributed by atoms with Gasteiger partial charge in [0.2, 0.25) is 0 Å². The van der Waals surface area contributed by atoms with Gasteiger partial charge in [-0.05, 0) is 30.2 Å². The molecule has 1 aliphatic rings. The van der Waals surface area contributed by atoms with E-state index in [0.29, 0.717) is 18.5 Å². The Balaban J connectivity index is 2.24. The van der Waals surface area contributed by atoms with Gasteiger partial charge in [0.25, 0.3) is 0 Å². The highest BCUT2D eigenvalue weighted by Crippen LogP contribution is 2.34. The number of rotatable bonds is 4. The molecule has 1 aliphatic carbocycles. The van der Waals surface area contributed by atoms with Crippen LogP contribution in [0.1, 0.15) is 12.0 Å². The largest absolute Gasteiger partial charge is 0.497 e. The van der Waals surface area contributed by atoms with Crippen LogP contribution < -0.4 is 10.5 Å². The first kappa shape index (κ1) is 13.2. The topological polar surface area (TPSA) is 72.5 Å². The summed E-state index contributed by atoms with van der Waals surface area (Å²) in [6.07, 6.45) is 5.93.